The second-order valence-corrected chi connectivity index (χ2v) is 4.95. The molecule has 0 saturated heterocycles. The fraction of sp³-hybridized carbons (Fsp3) is 0.786. The first-order chi connectivity index (χ1) is 8.20. The van der Waals surface area contributed by atoms with Gasteiger partial charge in [-0.05, 0) is 31.8 Å². The molecule has 0 saturated carbocycles. The lowest BCUT2D eigenvalue weighted by atomic mass is 9.95. The summed E-state index contributed by atoms with van der Waals surface area (Å²) < 4.78 is 2.29. The van der Waals surface area contributed by atoms with E-state index in [-0.39, 0.29) is 0 Å². The highest BCUT2D eigenvalue weighted by atomic mass is 15.1. The Kier molecular flexibility index (Phi) is 6.27. The molecule has 17 heavy (non-hydrogen) atoms. The topological polar surface area (TPSA) is 29.9 Å². The zero-order chi connectivity index (χ0) is 12.7. The maximum Gasteiger partial charge on any atom is 0.111 e. The number of nitrogens with zero attached hydrogens (tertiary/aromatic N) is 2. The Labute approximate surface area is 106 Å². The summed E-state index contributed by atoms with van der Waals surface area (Å²) in [4.78, 5) is 4.52. The molecule has 2 unspecified atom stereocenters. The van der Waals surface area contributed by atoms with Crippen LogP contribution < -0.4 is 5.32 Å². The van der Waals surface area contributed by atoms with Crippen molar-refractivity contribution < 1.29 is 0 Å². The van der Waals surface area contributed by atoms with Crippen LogP contribution in [0.15, 0.2) is 12.4 Å². The molecule has 0 bridgehead atoms. The van der Waals surface area contributed by atoms with Gasteiger partial charge >= 0.3 is 0 Å². The number of hydrogen-bond acceptors (Lipinski definition) is 2. The van der Waals surface area contributed by atoms with Crippen LogP contribution in [-0.2, 0) is 6.54 Å². The van der Waals surface area contributed by atoms with Gasteiger partial charge in [-0.15, -0.1) is 0 Å². The van der Waals surface area contributed by atoms with Gasteiger partial charge in [-0.3, -0.25) is 0 Å². The SMILES string of the molecule is CCCNCC(C)C(C)c1nccn1CCC. The Morgan fingerprint density at radius 2 is 2.06 bits per heavy atom. The fourth-order valence-electron chi connectivity index (χ4n) is 2.09. The number of aromatic nitrogens is 2. The predicted octanol–water partition coefficient (Wildman–Crippen LogP) is 3.03. The van der Waals surface area contributed by atoms with Crippen molar-refractivity contribution in [3.8, 4) is 0 Å². The molecule has 0 aliphatic heterocycles. The smallest absolute Gasteiger partial charge is 0.111 e. The highest BCUT2D eigenvalue weighted by Gasteiger charge is 2.18. The van der Waals surface area contributed by atoms with Crippen LogP contribution in [0, 0.1) is 5.92 Å². The van der Waals surface area contributed by atoms with E-state index in [1.807, 2.05) is 6.20 Å². The standard InChI is InChI=1S/C14H27N3/c1-5-7-15-11-12(3)13(4)14-16-8-10-17(14)9-6-2/h8,10,12-13,15H,5-7,9,11H2,1-4H3. The van der Waals surface area contributed by atoms with Crippen LogP contribution in [-0.4, -0.2) is 22.6 Å². The van der Waals surface area contributed by atoms with Crippen LogP contribution in [0.4, 0.5) is 0 Å². The Balaban J connectivity index is 2.54. The van der Waals surface area contributed by atoms with Gasteiger partial charge < -0.3 is 9.88 Å². The second-order valence-electron chi connectivity index (χ2n) is 4.95. The molecule has 0 aliphatic rings. The number of hydrogen-bond donors (Lipinski definition) is 1. The Bertz CT molecular complexity index is 306. The molecular formula is C14H27N3. The van der Waals surface area contributed by atoms with Gasteiger partial charge in [0, 0.05) is 24.9 Å². The molecule has 3 nitrogen and oxygen atoms in total. The first-order valence-electron chi connectivity index (χ1n) is 6.92. The van der Waals surface area contributed by atoms with Crippen molar-refractivity contribution in [3.05, 3.63) is 18.2 Å². The minimum atomic E-state index is 0.515. The third-order valence-corrected chi connectivity index (χ3v) is 3.37. The Hall–Kier alpha value is -0.830. The molecule has 0 aromatic carbocycles. The van der Waals surface area contributed by atoms with Gasteiger partial charge in [-0.25, -0.2) is 4.98 Å². The number of nitrogens with one attached hydrogen (secondary N) is 1. The van der Waals surface area contributed by atoms with E-state index < -0.39 is 0 Å². The van der Waals surface area contributed by atoms with Gasteiger partial charge in [0.15, 0.2) is 0 Å². The van der Waals surface area contributed by atoms with Crippen molar-refractivity contribution >= 4 is 0 Å². The molecule has 0 amide bonds. The van der Waals surface area contributed by atoms with Gasteiger partial charge in [0.1, 0.15) is 5.82 Å². The van der Waals surface area contributed by atoms with E-state index in [4.69, 9.17) is 0 Å². The van der Waals surface area contributed by atoms with E-state index in [9.17, 15) is 0 Å². The third-order valence-electron chi connectivity index (χ3n) is 3.37. The molecular weight excluding hydrogens is 210 g/mol. The first kappa shape index (κ1) is 14.2. The number of imidazole rings is 1. The molecule has 2 atom stereocenters. The van der Waals surface area contributed by atoms with E-state index in [1.165, 1.54) is 18.7 Å². The zero-order valence-electron chi connectivity index (χ0n) is 11.7. The van der Waals surface area contributed by atoms with Gasteiger partial charge in [0.25, 0.3) is 0 Å². The van der Waals surface area contributed by atoms with Crippen LogP contribution in [0.2, 0.25) is 0 Å². The van der Waals surface area contributed by atoms with Crippen molar-refractivity contribution in [1.29, 1.82) is 0 Å². The molecule has 98 valence electrons. The summed E-state index contributed by atoms with van der Waals surface area (Å²) in [6, 6.07) is 0. The summed E-state index contributed by atoms with van der Waals surface area (Å²) in [5.41, 5.74) is 0. The molecule has 3 heteroatoms. The normalized spacial score (nSPS) is 14.8. The summed E-state index contributed by atoms with van der Waals surface area (Å²) in [5.74, 6) is 2.37. The quantitative estimate of drug-likeness (QED) is 0.704. The van der Waals surface area contributed by atoms with Crippen molar-refractivity contribution in [3.63, 3.8) is 0 Å². The molecule has 1 aromatic rings. The summed E-state index contributed by atoms with van der Waals surface area (Å²) in [6.07, 6.45) is 6.39. The van der Waals surface area contributed by atoms with E-state index in [2.05, 4.69) is 48.8 Å². The minimum Gasteiger partial charge on any atom is -0.335 e. The van der Waals surface area contributed by atoms with Crippen molar-refractivity contribution in [1.82, 2.24) is 14.9 Å². The van der Waals surface area contributed by atoms with Gasteiger partial charge in [0.05, 0.1) is 0 Å². The minimum absolute atomic E-state index is 0.515. The molecule has 0 fully saturated rings. The molecule has 1 heterocycles. The summed E-state index contributed by atoms with van der Waals surface area (Å²) in [6.45, 7) is 12.3. The average Bonchev–Trinajstić information content (AvgIpc) is 2.77. The second kappa shape index (κ2) is 7.49. The van der Waals surface area contributed by atoms with Crippen LogP contribution in [0.3, 0.4) is 0 Å². The highest BCUT2D eigenvalue weighted by Crippen LogP contribution is 2.22. The molecule has 1 aromatic heterocycles. The van der Waals surface area contributed by atoms with Crippen LogP contribution in [0.5, 0.6) is 0 Å². The molecule has 1 rings (SSSR count). The molecule has 1 N–H and O–H groups in total. The molecule has 0 radical (unpaired) electrons. The van der Waals surface area contributed by atoms with Crippen molar-refractivity contribution in [2.75, 3.05) is 13.1 Å². The Morgan fingerprint density at radius 1 is 1.29 bits per heavy atom. The van der Waals surface area contributed by atoms with E-state index >= 15 is 0 Å². The maximum absolute atomic E-state index is 4.52. The molecule has 0 spiro atoms. The first-order valence-corrected chi connectivity index (χ1v) is 6.92. The van der Waals surface area contributed by atoms with Crippen molar-refractivity contribution in [2.45, 2.75) is 53.0 Å². The predicted molar refractivity (Wildman–Crippen MR) is 73.3 cm³/mol. The lowest BCUT2D eigenvalue weighted by molar-refractivity contribution is 0.420. The largest absolute Gasteiger partial charge is 0.335 e. The number of rotatable bonds is 8. The fourth-order valence-corrected chi connectivity index (χ4v) is 2.09. The third kappa shape index (κ3) is 4.15. The van der Waals surface area contributed by atoms with E-state index in [0.29, 0.717) is 11.8 Å². The van der Waals surface area contributed by atoms with Crippen LogP contribution >= 0.6 is 0 Å². The molecule has 0 aliphatic carbocycles. The van der Waals surface area contributed by atoms with Crippen LogP contribution in [0.1, 0.15) is 52.3 Å². The Morgan fingerprint density at radius 3 is 2.71 bits per heavy atom. The number of aryl methyl sites for hydroxylation is 1. The lowest BCUT2D eigenvalue weighted by Gasteiger charge is -2.21. The lowest BCUT2D eigenvalue weighted by Crippen LogP contribution is -2.26. The maximum atomic E-state index is 4.52. The van der Waals surface area contributed by atoms with E-state index in [1.54, 1.807) is 0 Å². The van der Waals surface area contributed by atoms with Crippen LogP contribution in [0.25, 0.3) is 0 Å². The van der Waals surface area contributed by atoms with Gasteiger partial charge in [-0.2, -0.15) is 0 Å². The summed E-state index contributed by atoms with van der Waals surface area (Å²) >= 11 is 0. The van der Waals surface area contributed by atoms with E-state index in [0.717, 1.165) is 19.6 Å². The summed E-state index contributed by atoms with van der Waals surface area (Å²) in [5, 5.41) is 3.49. The average molecular weight is 237 g/mol. The van der Waals surface area contributed by atoms with Crippen molar-refractivity contribution in [2.24, 2.45) is 5.92 Å². The summed E-state index contributed by atoms with van der Waals surface area (Å²) in [7, 11) is 0. The van der Waals surface area contributed by atoms with Gasteiger partial charge in [-0.1, -0.05) is 27.7 Å². The monoisotopic (exact) mass is 237 g/mol. The van der Waals surface area contributed by atoms with Gasteiger partial charge in [0.2, 0.25) is 0 Å². The zero-order valence-corrected chi connectivity index (χ0v) is 11.7. The highest BCUT2D eigenvalue weighted by molar-refractivity contribution is 5.01.